The lowest BCUT2D eigenvalue weighted by Crippen LogP contribution is -2.38. The third-order valence-corrected chi connectivity index (χ3v) is 5.14. The SMILES string of the molecule is NCc1nc(C2CCN(C(=O)c3cnn(-c4ccccc4Cl)c3)CC2)n[nH]1. The highest BCUT2D eigenvalue weighted by Gasteiger charge is 2.27. The molecule has 0 unspecified atom stereocenters. The number of H-pyrrole nitrogens is 1. The highest BCUT2D eigenvalue weighted by Crippen LogP contribution is 2.26. The van der Waals surface area contributed by atoms with E-state index in [0.29, 0.717) is 36.0 Å². The average Bonchev–Trinajstić information content (AvgIpc) is 3.38. The van der Waals surface area contributed by atoms with Crippen molar-refractivity contribution < 1.29 is 4.79 Å². The van der Waals surface area contributed by atoms with Gasteiger partial charge in [0.15, 0.2) is 5.82 Å². The van der Waals surface area contributed by atoms with E-state index < -0.39 is 0 Å². The molecule has 9 heteroatoms. The average molecular weight is 386 g/mol. The Morgan fingerprint density at radius 3 is 2.78 bits per heavy atom. The van der Waals surface area contributed by atoms with Gasteiger partial charge in [0.25, 0.3) is 5.91 Å². The van der Waals surface area contributed by atoms with E-state index in [1.807, 2.05) is 23.1 Å². The van der Waals surface area contributed by atoms with Crippen LogP contribution < -0.4 is 5.73 Å². The van der Waals surface area contributed by atoms with Crippen LogP contribution in [0, 0.1) is 0 Å². The molecule has 140 valence electrons. The van der Waals surface area contributed by atoms with Gasteiger partial charge in [0.1, 0.15) is 5.82 Å². The summed E-state index contributed by atoms with van der Waals surface area (Å²) < 4.78 is 1.63. The Morgan fingerprint density at radius 1 is 1.30 bits per heavy atom. The number of benzene rings is 1. The minimum Gasteiger partial charge on any atom is -0.339 e. The number of aromatic amines is 1. The minimum absolute atomic E-state index is 0.0237. The van der Waals surface area contributed by atoms with Crippen LogP contribution in [0.25, 0.3) is 5.69 Å². The quantitative estimate of drug-likeness (QED) is 0.715. The van der Waals surface area contributed by atoms with E-state index in [0.717, 1.165) is 24.4 Å². The molecule has 0 aliphatic carbocycles. The monoisotopic (exact) mass is 385 g/mol. The van der Waals surface area contributed by atoms with Crippen molar-refractivity contribution in [3.63, 3.8) is 0 Å². The van der Waals surface area contributed by atoms with Crippen LogP contribution in [0.5, 0.6) is 0 Å². The van der Waals surface area contributed by atoms with Gasteiger partial charge >= 0.3 is 0 Å². The van der Waals surface area contributed by atoms with E-state index in [1.165, 1.54) is 0 Å². The molecule has 1 aliphatic heterocycles. The lowest BCUT2D eigenvalue weighted by molar-refractivity contribution is 0.0711. The van der Waals surface area contributed by atoms with Gasteiger partial charge < -0.3 is 10.6 Å². The maximum atomic E-state index is 12.8. The Hall–Kier alpha value is -2.71. The molecule has 1 aromatic carbocycles. The number of rotatable bonds is 4. The van der Waals surface area contributed by atoms with Crippen LogP contribution in [0.4, 0.5) is 0 Å². The first kappa shape index (κ1) is 17.7. The van der Waals surface area contributed by atoms with Gasteiger partial charge in [-0.1, -0.05) is 23.7 Å². The predicted octanol–water partition coefficient (Wildman–Crippen LogP) is 2.12. The molecule has 8 nitrogen and oxygen atoms in total. The number of carbonyl (C=O) groups excluding carboxylic acids is 1. The number of likely N-dealkylation sites (tertiary alicyclic amines) is 1. The van der Waals surface area contributed by atoms with Crippen molar-refractivity contribution in [3.05, 3.63) is 58.9 Å². The van der Waals surface area contributed by atoms with Gasteiger partial charge in [-0.3, -0.25) is 9.89 Å². The number of aromatic nitrogens is 5. The molecule has 1 aliphatic rings. The molecule has 1 saturated heterocycles. The summed E-state index contributed by atoms with van der Waals surface area (Å²) in [7, 11) is 0. The summed E-state index contributed by atoms with van der Waals surface area (Å²) in [6.45, 7) is 1.67. The molecule has 0 bridgehead atoms. The smallest absolute Gasteiger partial charge is 0.257 e. The molecule has 0 radical (unpaired) electrons. The summed E-state index contributed by atoms with van der Waals surface area (Å²) >= 11 is 6.20. The molecule has 1 fully saturated rings. The van der Waals surface area contributed by atoms with Crippen molar-refractivity contribution in [3.8, 4) is 5.69 Å². The molecule has 0 spiro atoms. The normalized spacial score (nSPS) is 15.3. The number of hydrogen-bond donors (Lipinski definition) is 2. The number of nitrogens with one attached hydrogen (secondary N) is 1. The molecular formula is C18H20ClN7O. The van der Waals surface area contributed by atoms with Gasteiger partial charge in [-0.2, -0.15) is 10.2 Å². The molecule has 2 aromatic heterocycles. The second kappa shape index (κ2) is 7.50. The first-order valence-electron chi connectivity index (χ1n) is 8.86. The lowest BCUT2D eigenvalue weighted by atomic mass is 9.96. The summed E-state index contributed by atoms with van der Waals surface area (Å²) in [5.41, 5.74) is 6.87. The highest BCUT2D eigenvalue weighted by atomic mass is 35.5. The van der Waals surface area contributed by atoms with E-state index in [2.05, 4.69) is 20.3 Å². The van der Waals surface area contributed by atoms with Crippen molar-refractivity contribution in [2.45, 2.75) is 25.3 Å². The van der Waals surface area contributed by atoms with Gasteiger partial charge in [0.05, 0.1) is 29.0 Å². The van der Waals surface area contributed by atoms with Crippen LogP contribution in [-0.2, 0) is 6.54 Å². The van der Waals surface area contributed by atoms with Crippen LogP contribution in [0.15, 0.2) is 36.7 Å². The fraction of sp³-hybridized carbons (Fsp3) is 0.333. The number of amides is 1. The highest BCUT2D eigenvalue weighted by molar-refractivity contribution is 6.32. The standard InChI is InChI=1S/C18H20ClN7O/c19-14-3-1-2-4-15(14)26-11-13(10-21-26)18(27)25-7-5-12(6-8-25)17-22-16(9-20)23-24-17/h1-4,10-12H,5-9,20H2,(H,22,23,24). The first-order valence-corrected chi connectivity index (χ1v) is 9.23. The molecular weight excluding hydrogens is 366 g/mol. The van der Waals surface area contributed by atoms with Crippen molar-refractivity contribution >= 4 is 17.5 Å². The number of carbonyl (C=O) groups is 1. The third kappa shape index (κ3) is 3.58. The van der Waals surface area contributed by atoms with Crippen LogP contribution in [-0.4, -0.2) is 48.9 Å². The summed E-state index contributed by atoms with van der Waals surface area (Å²) in [4.78, 5) is 19.1. The van der Waals surface area contributed by atoms with Crippen molar-refractivity contribution in [2.75, 3.05) is 13.1 Å². The zero-order chi connectivity index (χ0) is 18.8. The van der Waals surface area contributed by atoms with Gasteiger partial charge in [0.2, 0.25) is 0 Å². The summed E-state index contributed by atoms with van der Waals surface area (Å²) in [5, 5.41) is 12.0. The Morgan fingerprint density at radius 2 is 2.07 bits per heavy atom. The zero-order valence-electron chi connectivity index (χ0n) is 14.7. The number of nitrogens with two attached hydrogens (primary N) is 1. The predicted molar refractivity (Wildman–Crippen MR) is 101 cm³/mol. The number of piperidine rings is 1. The maximum Gasteiger partial charge on any atom is 0.257 e. The second-order valence-corrected chi connectivity index (χ2v) is 6.94. The number of nitrogens with zero attached hydrogens (tertiary/aromatic N) is 5. The van der Waals surface area contributed by atoms with Gasteiger partial charge in [0, 0.05) is 25.2 Å². The van der Waals surface area contributed by atoms with Gasteiger partial charge in [-0.25, -0.2) is 9.67 Å². The van der Waals surface area contributed by atoms with Gasteiger partial charge in [-0.15, -0.1) is 0 Å². The lowest BCUT2D eigenvalue weighted by Gasteiger charge is -2.30. The molecule has 3 heterocycles. The van der Waals surface area contributed by atoms with E-state index in [1.54, 1.807) is 23.1 Å². The molecule has 3 N–H and O–H groups in total. The summed E-state index contributed by atoms with van der Waals surface area (Å²) in [5.74, 6) is 1.70. The molecule has 1 amide bonds. The summed E-state index contributed by atoms with van der Waals surface area (Å²) in [6.07, 6.45) is 4.96. The van der Waals surface area contributed by atoms with E-state index in [-0.39, 0.29) is 11.8 Å². The molecule has 0 saturated carbocycles. The Labute approximate surface area is 161 Å². The molecule has 0 atom stereocenters. The molecule has 4 rings (SSSR count). The number of halogens is 1. The number of hydrogen-bond acceptors (Lipinski definition) is 5. The molecule has 27 heavy (non-hydrogen) atoms. The van der Waals surface area contributed by atoms with Crippen LogP contribution >= 0.6 is 11.6 Å². The Bertz CT molecular complexity index is 943. The van der Waals surface area contributed by atoms with Crippen molar-refractivity contribution in [1.82, 2.24) is 29.9 Å². The third-order valence-electron chi connectivity index (χ3n) is 4.82. The Kier molecular flexibility index (Phi) is 4.91. The van der Waals surface area contributed by atoms with Crippen LogP contribution in [0.1, 0.15) is 40.8 Å². The largest absolute Gasteiger partial charge is 0.339 e. The van der Waals surface area contributed by atoms with Crippen LogP contribution in [0.2, 0.25) is 5.02 Å². The van der Waals surface area contributed by atoms with Gasteiger partial charge in [-0.05, 0) is 25.0 Å². The fourth-order valence-electron chi connectivity index (χ4n) is 3.31. The molecule has 3 aromatic rings. The Balaban J connectivity index is 1.42. The second-order valence-electron chi connectivity index (χ2n) is 6.54. The first-order chi connectivity index (χ1) is 13.2. The fourth-order valence-corrected chi connectivity index (χ4v) is 3.53. The zero-order valence-corrected chi connectivity index (χ0v) is 15.4. The summed E-state index contributed by atoms with van der Waals surface area (Å²) in [6, 6.07) is 7.40. The maximum absolute atomic E-state index is 12.8. The van der Waals surface area contributed by atoms with E-state index in [9.17, 15) is 4.79 Å². The van der Waals surface area contributed by atoms with E-state index in [4.69, 9.17) is 17.3 Å². The number of para-hydroxylation sites is 1. The van der Waals surface area contributed by atoms with Crippen molar-refractivity contribution in [2.24, 2.45) is 5.73 Å². The topological polar surface area (TPSA) is 106 Å². The van der Waals surface area contributed by atoms with Crippen LogP contribution in [0.3, 0.4) is 0 Å². The minimum atomic E-state index is -0.0237. The van der Waals surface area contributed by atoms with E-state index >= 15 is 0 Å². The van der Waals surface area contributed by atoms with Crippen molar-refractivity contribution in [1.29, 1.82) is 0 Å².